The lowest BCUT2D eigenvalue weighted by atomic mass is 9.89. The molecule has 6 heteroatoms. The molecular weight excluding hydrogens is 182 g/mol. The molecule has 0 radical (unpaired) electrons. The van der Waals surface area contributed by atoms with Gasteiger partial charge in [-0.3, -0.25) is 4.99 Å². The number of rotatable bonds is 3. The molecule has 2 nitrogen and oxygen atoms in total. The van der Waals surface area contributed by atoms with Crippen LogP contribution in [0.5, 0.6) is 0 Å². The van der Waals surface area contributed by atoms with E-state index in [2.05, 4.69) is 11.6 Å². The summed E-state index contributed by atoms with van der Waals surface area (Å²) in [5.74, 6) is 0. The van der Waals surface area contributed by atoms with E-state index < -0.39 is 11.9 Å². The van der Waals surface area contributed by atoms with Crippen LogP contribution in [0.1, 0.15) is 6.92 Å². The zero-order chi connectivity index (χ0) is 10.5. The summed E-state index contributed by atoms with van der Waals surface area (Å²) in [6, 6.07) is 0. The molecule has 0 aliphatic carbocycles. The van der Waals surface area contributed by atoms with Gasteiger partial charge in [-0.1, -0.05) is 12.7 Å². The van der Waals surface area contributed by atoms with Gasteiger partial charge in [0.15, 0.2) is 0 Å². The molecule has 0 aromatic carbocycles. The first-order valence-electron chi connectivity index (χ1n) is 3.48. The van der Waals surface area contributed by atoms with Crippen LogP contribution in [0.4, 0.5) is 13.2 Å². The lowest BCUT2D eigenvalue weighted by molar-refractivity contribution is -0.0918. The van der Waals surface area contributed by atoms with Crippen LogP contribution in [0.3, 0.4) is 0 Å². The summed E-state index contributed by atoms with van der Waals surface area (Å²) in [6.45, 7) is 4.33. The first-order valence-corrected chi connectivity index (χ1v) is 3.48. The topological polar surface area (TPSA) is 32.6 Å². The van der Waals surface area contributed by atoms with Crippen molar-refractivity contribution in [2.75, 3.05) is 0 Å². The van der Waals surface area contributed by atoms with E-state index >= 15 is 0 Å². The van der Waals surface area contributed by atoms with Crippen LogP contribution in [0.25, 0.3) is 0 Å². The maximum atomic E-state index is 11.8. The SMILES string of the molecule is C=C(/N=C\C(BO)=C/C)C(F)(F)F. The van der Waals surface area contributed by atoms with Crippen LogP contribution in [0.15, 0.2) is 28.8 Å². The zero-order valence-corrected chi connectivity index (χ0v) is 7.10. The Morgan fingerprint density at radius 1 is 1.54 bits per heavy atom. The van der Waals surface area contributed by atoms with Crippen molar-refractivity contribution in [2.24, 2.45) is 4.99 Å². The van der Waals surface area contributed by atoms with Crippen LogP contribution in [0.2, 0.25) is 0 Å². The average Bonchev–Trinajstić information content (AvgIpc) is 2.04. The second-order valence-electron chi connectivity index (χ2n) is 2.22. The first kappa shape index (κ1) is 12.0. The van der Waals surface area contributed by atoms with Gasteiger partial charge in [-0.2, -0.15) is 13.2 Å². The summed E-state index contributed by atoms with van der Waals surface area (Å²) in [6.07, 6.45) is -2.10. The van der Waals surface area contributed by atoms with E-state index in [1.165, 1.54) is 6.08 Å². The summed E-state index contributed by atoms with van der Waals surface area (Å²) >= 11 is 0. The second-order valence-corrected chi connectivity index (χ2v) is 2.22. The van der Waals surface area contributed by atoms with Crippen molar-refractivity contribution in [1.29, 1.82) is 0 Å². The van der Waals surface area contributed by atoms with E-state index in [9.17, 15) is 13.2 Å². The molecule has 0 amide bonds. The number of hydrogen-bond acceptors (Lipinski definition) is 2. The summed E-state index contributed by atoms with van der Waals surface area (Å²) in [5.41, 5.74) is -0.870. The lowest BCUT2D eigenvalue weighted by Crippen LogP contribution is -2.09. The van der Waals surface area contributed by atoms with Gasteiger partial charge in [0.25, 0.3) is 0 Å². The van der Waals surface area contributed by atoms with Crippen molar-refractivity contribution >= 4 is 13.7 Å². The molecule has 0 bridgehead atoms. The molecule has 0 aromatic rings. The fraction of sp³-hybridized carbons (Fsp3) is 0.286. The van der Waals surface area contributed by atoms with Crippen LogP contribution in [0, 0.1) is 0 Å². The Labute approximate surface area is 74.8 Å². The maximum Gasteiger partial charge on any atom is 0.432 e. The minimum atomic E-state index is -4.51. The highest BCUT2D eigenvalue weighted by Gasteiger charge is 2.31. The quantitative estimate of drug-likeness (QED) is 0.530. The Morgan fingerprint density at radius 2 is 2.08 bits per heavy atom. The predicted molar refractivity (Wildman–Crippen MR) is 46.8 cm³/mol. The number of nitrogens with zero attached hydrogens (tertiary/aromatic N) is 1. The molecule has 0 aliphatic rings. The number of halogens is 3. The van der Waals surface area contributed by atoms with Gasteiger partial charge in [0.2, 0.25) is 0 Å². The summed E-state index contributed by atoms with van der Waals surface area (Å²) < 4.78 is 35.4. The molecule has 72 valence electrons. The third-order valence-corrected chi connectivity index (χ3v) is 1.27. The summed E-state index contributed by atoms with van der Waals surface area (Å²) in [7, 11) is -0.342. The third-order valence-electron chi connectivity index (χ3n) is 1.27. The van der Waals surface area contributed by atoms with Crippen molar-refractivity contribution < 1.29 is 18.2 Å². The Bertz CT molecular complexity index is 245. The maximum absolute atomic E-state index is 11.8. The zero-order valence-electron chi connectivity index (χ0n) is 7.10. The van der Waals surface area contributed by atoms with Crippen molar-refractivity contribution in [1.82, 2.24) is 0 Å². The lowest BCUT2D eigenvalue weighted by Gasteiger charge is -2.03. The first-order chi connectivity index (χ1) is 5.91. The summed E-state index contributed by atoms with van der Waals surface area (Å²) in [5, 5.41) is 8.57. The summed E-state index contributed by atoms with van der Waals surface area (Å²) in [4.78, 5) is 3.06. The second kappa shape index (κ2) is 4.86. The van der Waals surface area contributed by atoms with Gasteiger partial charge in [0.05, 0.1) is 0 Å². The molecule has 0 saturated heterocycles. The van der Waals surface area contributed by atoms with E-state index in [0.717, 1.165) is 6.21 Å². The Hall–Kier alpha value is -1.04. The van der Waals surface area contributed by atoms with Crippen LogP contribution >= 0.6 is 0 Å². The van der Waals surface area contributed by atoms with E-state index in [4.69, 9.17) is 5.02 Å². The Balaban J connectivity index is 4.37. The van der Waals surface area contributed by atoms with Crippen LogP contribution in [-0.2, 0) is 0 Å². The van der Waals surface area contributed by atoms with Crippen molar-refractivity contribution in [3.8, 4) is 0 Å². The van der Waals surface area contributed by atoms with Gasteiger partial charge < -0.3 is 5.02 Å². The molecule has 0 spiro atoms. The van der Waals surface area contributed by atoms with E-state index in [-0.39, 0.29) is 7.48 Å². The van der Waals surface area contributed by atoms with E-state index in [1.807, 2.05) is 0 Å². The van der Waals surface area contributed by atoms with Crippen molar-refractivity contribution in [3.63, 3.8) is 0 Å². The molecule has 0 heterocycles. The highest BCUT2D eigenvalue weighted by Crippen LogP contribution is 2.24. The van der Waals surface area contributed by atoms with Crippen molar-refractivity contribution in [3.05, 3.63) is 23.8 Å². The highest BCUT2D eigenvalue weighted by molar-refractivity contribution is 6.44. The normalized spacial score (nSPS) is 13.5. The molecule has 0 aliphatic heterocycles. The standard InChI is InChI=1S/C7H9BF3NO/c1-3-6(8-13)4-12-5(2)7(9,10)11/h3-4,8,13H,2H2,1H3/b6-3+,12-4-. The number of alkyl halides is 3. The monoisotopic (exact) mass is 191 g/mol. The van der Waals surface area contributed by atoms with Gasteiger partial charge in [-0.25, -0.2) is 0 Å². The molecule has 0 rings (SSSR count). The van der Waals surface area contributed by atoms with Crippen molar-refractivity contribution in [2.45, 2.75) is 13.1 Å². The Morgan fingerprint density at radius 3 is 2.38 bits per heavy atom. The minimum Gasteiger partial charge on any atom is -0.449 e. The molecule has 0 aromatic heterocycles. The Kier molecular flexibility index (Phi) is 4.47. The fourth-order valence-corrected chi connectivity index (χ4v) is 0.441. The average molecular weight is 191 g/mol. The largest absolute Gasteiger partial charge is 0.449 e. The van der Waals surface area contributed by atoms with Gasteiger partial charge in [0, 0.05) is 6.21 Å². The van der Waals surface area contributed by atoms with Gasteiger partial charge in [0.1, 0.15) is 5.70 Å². The smallest absolute Gasteiger partial charge is 0.432 e. The molecule has 1 N–H and O–H groups in total. The fourth-order valence-electron chi connectivity index (χ4n) is 0.441. The molecule has 0 unspecified atom stereocenters. The highest BCUT2D eigenvalue weighted by atomic mass is 19.4. The van der Waals surface area contributed by atoms with Crippen LogP contribution in [-0.4, -0.2) is 24.9 Å². The van der Waals surface area contributed by atoms with Gasteiger partial charge >= 0.3 is 13.7 Å². The number of allylic oxidation sites excluding steroid dienone is 3. The molecule has 0 fully saturated rings. The van der Waals surface area contributed by atoms with Gasteiger partial charge in [-0.15, -0.1) is 0 Å². The minimum absolute atomic E-state index is 0.311. The van der Waals surface area contributed by atoms with E-state index in [1.54, 1.807) is 6.92 Å². The predicted octanol–water partition coefficient (Wildman–Crippen LogP) is 1.38. The number of hydrogen-bond donors (Lipinski definition) is 1. The molecule has 0 saturated carbocycles. The van der Waals surface area contributed by atoms with Gasteiger partial charge in [-0.05, 0) is 12.4 Å². The van der Waals surface area contributed by atoms with Crippen LogP contribution < -0.4 is 0 Å². The molecular formula is C7H9BF3NO. The number of aliphatic imine (C=N–C) groups is 1. The third kappa shape index (κ3) is 4.52. The molecule has 0 atom stereocenters. The molecule has 13 heavy (non-hydrogen) atoms. The van der Waals surface area contributed by atoms with E-state index in [0.29, 0.717) is 5.47 Å².